The number of rotatable bonds is 41. The lowest BCUT2D eigenvalue weighted by atomic mass is 9.79. The molecule has 4 aromatic heterocycles. The van der Waals surface area contributed by atoms with Gasteiger partial charge in [-0.3, -0.25) is 0 Å². The molecular weight excluding hydrogens is 1880 g/mol. The number of benzene rings is 10. The zero-order valence-electron chi connectivity index (χ0n) is 82.6. The number of thiophene rings is 4. The topological polar surface area (TPSA) is 80.3 Å². The minimum atomic E-state index is -0.390. The van der Waals surface area contributed by atoms with Gasteiger partial charge in [0.25, 0.3) is 0 Å². The Morgan fingerprint density at radius 2 is 0.588 bits per heavy atom. The van der Waals surface area contributed by atoms with E-state index in [2.05, 4.69) is 418 Å². The average Bonchev–Trinajstić information content (AvgIpc) is 1.64. The van der Waals surface area contributed by atoms with Crippen molar-refractivity contribution < 1.29 is 37.6 Å². The monoisotopic (exact) mass is 2020 g/mol. The smallest absolute Gasteiger partial charge is 0.494 e. The van der Waals surface area contributed by atoms with Crippen LogP contribution in [0.5, 0.6) is 23.0 Å². The normalized spacial score (nSPS) is 14.4. The van der Waals surface area contributed by atoms with E-state index in [0.29, 0.717) is 18.4 Å². The van der Waals surface area contributed by atoms with Crippen molar-refractivity contribution >= 4 is 136 Å². The van der Waals surface area contributed by atoms with E-state index in [1.807, 2.05) is 0 Å². The van der Waals surface area contributed by atoms with E-state index in [1.54, 1.807) is 59.6 Å². The maximum atomic E-state index is 6.83. The number of nitrogens with zero attached hydrogens (tertiary/aromatic N) is 2. The van der Waals surface area contributed by atoms with Crippen LogP contribution in [0.4, 0.5) is 34.1 Å². The molecule has 0 radical (unpaired) electrons. The third kappa shape index (κ3) is 26.1. The zero-order chi connectivity index (χ0) is 95.9. The Balaban J connectivity index is 0.000000177. The van der Waals surface area contributed by atoms with Gasteiger partial charge in [-0.25, -0.2) is 0 Å². The minimum absolute atomic E-state index is 0.375. The highest BCUT2D eigenvalue weighted by molar-refractivity contribution is 9.11. The Kier molecular flexibility index (Phi) is 36.6. The summed E-state index contributed by atoms with van der Waals surface area (Å²) in [5.74, 6) is 4.65. The molecule has 2 fully saturated rings. The highest BCUT2D eigenvalue weighted by atomic mass is 79.9. The molecule has 2 unspecified atom stereocenters. The summed E-state index contributed by atoms with van der Waals surface area (Å²) in [6, 6.07) is 100. The molecule has 14 aromatic rings. The Hall–Kier alpha value is -9.27. The second-order valence-electron chi connectivity index (χ2n) is 37.9. The summed E-state index contributed by atoms with van der Waals surface area (Å²) in [6.45, 7) is 31.7. The standard InChI is InChI=1S/C59H61NO2S2.C36H49B2NO4.C23H26Br2O2S2/c1-5-8-10-13-19-44-24-30-49(31-25-44)60(50-32-26-46(27-33-50)45-20-14-11-15-21-45)51-34-28-48(29-35-51)57-37-38-58(64-57)52-41-55(62-42-43(7-3)18-9-6-2)53(40-54(52)61-4)59-39-36-56(63-59)47-22-16-12-17-23-47;1-10-11-12-13-14-27-15-21-30(22-16-27)39(31-23-17-28(18-24-31)37-40-33(2,3)34(4,5)41-37)32-25-19-29(20-26-32)38-42-35(6,7)36(8,9)43-38;1-4-6-7-15(5-2)14-27-19-13-16(20-8-10-22(24)28-20)18(26-3)12-17(19)21-9-11-23(25)29-21/h11-12,14-17,20-41,43H,5-10,13,18-19,42H2,1-4H3;15-26H,10-14H2,1-9H3;8-13,15H,4-7,14H2,1-3H3. The Morgan fingerprint density at radius 1 is 0.301 bits per heavy atom. The average molecular weight is 2020 g/mol. The number of hydrogen-bond donors (Lipinski definition) is 0. The van der Waals surface area contributed by atoms with Crippen molar-refractivity contribution in [3.8, 4) is 96.8 Å². The van der Waals surface area contributed by atoms with Gasteiger partial charge in [-0.2, -0.15) is 0 Å². The van der Waals surface area contributed by atoms with Gasteiger partial charge in [0, 0.05) is 85.6 Å². The molecule has 2 atom stereocenters. The SMILES string of the molecule is CCCCC(CC)COc1cc(-c2ccc(Br)s2)c(OC)cc1-c1ccc(Br)s1.CCCCCCc1ccc(N(c2ccc(-c3ccccc3)cc2)c2ccc(-c3ccc(-c4cc(OCC(CC)CCCC)c(-c5ccc(-c6ccccc6)s5)cc4OC)s3)cc2)cc1.CCCCCCc1ccc(N(c2ccc(B3OC(C)(C)C(C)(C)O3)cc2)c2ccc(B3OC(C)(C)C(C)(C)O3)cc2)cc1. The summed E-state index contributed by atoms with van der Waals surface area (Å²) in [4.78, 5) is 11.8. The second-order valence-corrected chi connectivity index (χ2v) is 45.0. The van der Waals surface area contributed by atoms with Crippen LogP contribution < -0.4 is 39.7 Å². The molecular formula is C118H136B2Br2N2O8S4. The van der Waals surface area contributed by atoms with Crippen LogP contribution in [0.3, 0.4) is 0 Å². The summed E-state index contributed by atoms with van der Waals surface area (Å²) in [7, 11) is 2.73. The molecule has 10 nitrogen and oxygen atoms in total. The fourth-order valence-electron chi connectivity index (χ4n) is 17.2. The van der Waals surface area contributed by atoms with Gasteiger partial charge in [0.05, 0.1) is 57.4 Å². The molecule has 2 aliphatic rings. The van der Waals surface area contributed by atoms with Crippen LogP contribution in [0.25, 0.3) is 73.8 Å². The summed E-state index contributed by atoms with van der Waals surface area (Å²) in [5.41, 5.74) is 19.1. The first-order valence-corrected chi connectivity index (χ1v) is 54.1. The van der Waals surface area contributed by atoms with Gasteiger partial charge in [-0.05, 0) is 328 Å². The van der Waals surface area contributed by atoms with Crippen molar-refractivity contribution in [2.75, 3.05) is 37.2 Å². The van der Waals surface area contributed by atoms with E-state index >= 15 is 0 Å². The molecule has 6 heterocycles. The number of methoxy groups -OCH3 is 2. The van der Waals surface area contributed by atoms with Crippen LogP contribution in [0.2, 0.25) is 0 Å². The quantitative estimate of drug-likeness (QED) is 0.0273. The number of hydrogen-bond acceptors (Lipinski definition) is 14. The second kappa shape index (κ2) is 48.5. The molecule has 0 N–H and O–H groups in total. The predicted molar refractivity (Wildman–Crippen MR) is 591 cm³/mol. The molecule has 10 aromatic carbocycles. The molecule has 18 heteroatoms. The first-order chi connectivity index (χ1) is 65.8. The van der Waals surface area contributed by atoms with Crippen molar-refractivity contribution in [3.63, 3.8) is 0 Å². The fourth-order valence-corrected chi connectivity index (χ4v) is 22.1. The molecule has 0 amide bonds. The predicted octanol–water partition coefficient (Wildman–Crippen LogP) is 35.5. The molecule has 0 aliphatic carbocycles. The Morgan fingerprint density at radius 3 is 0.919 bits per heavy atom. The number of unbranched alkanes of at least 4 members (excludes halogenated alkanes) is 8. The molecule has 710 valence electrons. The van der Waals surface area contributed by atoms with Crippen LogP contribution in [-0.4, -0.2) is 64.1 Å². The van der Waals surface area contributed by atoms with Gasteiger partial charge < -0.3 is 47.4 Å². The van der Waals surface area contributed by atoms with Crippen LogP contribution in [0, 0.1) is 11.8 Å². The molecule has 2 aliphatic heterocycles. The van der Waals surface area contributed by atoms with E-state index in [1.165, 1.54) is 143 Å². The van der Waals surface area contributed by atoms with Crippen molar-refractivity contribution in [1.82, 2.24) is 0 Å². The lowest BCUT2D eigenvalue weighted by molar-refractivity contribution is 0.00578. The van der Waals surface area contributed by atoms with Gasteiger partial charge in [0.15, 0.2) is 0 Å². The van der Waals surface area contributed by atoms with E-state index in [0.717, 1.165) is 140 Å². The zero-order valence-corrected chi connectivity index (χ0v) is 89.0. The van der Waals surface area contributed by atoms with Gasteiger partial charge >= 0.3 is 14.2 Å². The number of aryl methyl sites for hydroxylation is 2. The lowest BCUT2D eigenvalue weighted by Crippen LogP contribution is -2.41. The van der Waals surface area contributed by atoms with E-state index in [4.69, 9.17) is 37.6 Å². The maximum absolute atomic E-state index is 6.83. The number of ether oxygens (including phenoxy) is 4. The highest BCUT2D eigenvalue weighted by Gasteiger charge is 2.53. The summed E-state index contributed by atoms with van der Waals surface area (Å²) < 4.78 is 52.7. The Labute approximate surface area is 845 Å². The van der Waals surface area contributed by atoms with Crippen molar-refractivity contribution in [2.45, 2.75) is 235 Å². The maximum Gasteiger partial charge on any atom is 0.494 e. The van der Waals surface area contributed by atoms with Gasteiger partial charge in [0.1, 0.15) is 23.0 Å². The number of halogens is 2. The van der Waals surface area contributed by atoms with Crippen molar-refractivity contribution in [3.05, 3.63) is 298 Å². The third-order valence-electron chi connectivity index (χ3n) is 27.1. The van der Waals surface area contributed by atoms with E-state index < -0.39 is 14.2 Å². The fraction of sp³-hybridized carbons (Fsp3) is 0.356. The first kappa shape index (κ1) is 103. The third-order valence-corrected chi connectivity index (χ3v) is 32.8. The number of anilines is 6. The lowest BCUT2D eigenvalue weighted by Gasteiger charge is -2.32. The molecule has 0 saturated carbocycles. The first-order valence-electron chi connectivity index (χ1n) is 49.3. The summed E-state index contributed by atoms with van der Waals surface area (Å²) in [6.07, 6.45) is 21.9. The van der Waals surface area contributed by atoms with E-state index in [9.17, 15) is 0 Å². The van der Waals surface area contributed by atoms with E-state index in [-0.39, 0.29) is 22.4 Å². The highest BCUT2D eigenvalue weighted by Crippen LogP contribution is 2.51. The minimum Gasteiger partial charge on any atom is -0.496 e. The molecule has 2 saturated heterocycles. The summed E-state index contributed by atoms with van der Waals surface area (Å²) in [5, 5.41) is 0. The van der Waals surface area contributed by atoms with Gasteiger partial charge in [-0.1, -0.05) is 252 Å². The van der Waals surface area contributed by atoms with Crippen molar-refractivity contribution in [1.29, 1.82) is 0 Å². The van der Waals surface area contributed by atoms with Crippen LogP contribution >= 0.6 is 77.2 Å². The molecule has 136 heavy (non-hydrogen) atoms. The molecule has 0 bridgehead atoms. The van der Waals surface area contributed by atoms with Crippen molar-refractivity contribution in [2.24, 2.45) is 11.8 Å². The van der Waals surface area contributed by atoms with Crippen LogP contribution in [0.15, 0.2) is 287 Å². The van der Waals surface area contributed by atoms with Gasteiger partial charge in [-0.15, -0.1) is 45.3 Å². The molecule has 0 spiro atoms. The van der Waals surface area contributed by atoms with Crippen LogP contribution in [0.1, 0.15) is 211 Å². The summed E-state index contributed by atoms with van der Waals surface area (Å²) >= 11 is 14.2. The van der Waals surface area contributed by atoms with Gasteiger partial charge in [0.2, 0.25) is 0 Å². The molecule has 16 rings (SSSR count). The Bertz CT molecular complexity index is 5950. The van der Waals surface area contributed by atoms with Crippen LogP contribution in [-0.2, 0) is 31.5 Å². The largest absolute Gasteiger partial charge is 0.496 e.